The topological polar surface area (TPSA) is 113 Å². The zero-order valence-electron chi connectivity index (χ0n) is 12.8. The smallest absolute Gasteiger partial charge is 0.331 e. The lowest BCUT2D eigenvalue weighted by molar-refractivity contribution is -0.385. The second-order valence-corrected chi connectivity index (χ2v) is 5.88. The number of primary amides is 1. The van der Waals surface area contributed by atoms with E-state index in [0.717, 1.165) is 16.1 Å². The molecule has 0 radical (unpaired) electrons. The molecule has 2 N–H and O–H groups in total. The molecule has 0 saturated heterocycles. The van der Waals surface area contributed by atoms with Gasteiger partial charge in [0.25, 0.3) is 5.69 Å². The summed E-state index contributed by atoms with van der Waals surface area (Å²) in [6, 6.07) is 11.0. The Morgan fingerprint density at radius 1 is 1.24 bits per heavy atom. The number of ether oxygens (including phenoxy) is 1. The molecule has 128 valence electrons. The highest BCUT2D eigenvalue weighted by atomic mass is 79.9. The zero-order chi connectivity index (χ0) is 18.4. The molecular formula is C17H13BrN2O5. The Labute approximate surface area is 151 Å². The Morgan fingerprint density at radius 2 is 2.00 bits per heavy atom. The van der Waals surface area contributed by atoms with E-state index < -0.39 is 16.8 Å². The SMILES string of the molecule is NC(=O)c1ccc(COC(=O)/C=C/c2cccc(Br)c2)c([N+](=O)[O-])c1. The normalized spacial score (nSPS) is 10.6. The number of benzene rings is 2. The highest BCUT2D eigenvalue weighted by Gasteiger charge is 2.17. The summed E-state index contributed by atoms with van der Waals surface area (Å²) in [7, 11) is 0. The van der Waals surface area contributed by atoms with Crippen LogP contribution in [0.3, 0.4) is 0 Å². The van der Waals surface area contributed by atoms with Crippen molar-refractivity contribution in [1.29, 1.82) is 0 Å². The largest absolute Gasteiger partial charge is 0.457 e. The molecule has 0 saturated carbocycles. The van der Waals surface area contributed by atoms with Crippen molar-refractivity contribution >= 4 is 39.6 Å². The predicted octanol–water partition coefficient (Wildman–Crippen LogP) is 3.21. The summed E-state index contributed by atoms with van der Waals surface area (Å²) in [6.07, 6.45) is 2.79. The Morgan fingerprint density at radius 3 is 2.64 bits per heavy atom. The number of hydrogen-bond donors (Lipinski definition) is 1. The van der Waals surface area contributed by atoms with Gasteiger partial charge in [-0.2, -0.15) is 0 Å². The van der Waals surface area contributed by atoms with Gasteiger partial charge < -0.3 is 10.5 Å². The Hall–Kier alpha value is -3.00. The molecule has 0 aliphatic carbocycles. The van der Waals surface area contributed by atoms with Gasteiger partial charge in [0, 0.05) is 22.2 Å². The average molecular weight is 405 g/mol. The van der Waals surface area contributed by atoms with E-state index in [1.54, 1.807) is 6.08 Å². The molecule has 0 spiro atoms. The molecule has 2 rings (SSSR count). The first kappa shape index (κ1) is 18.3. The molecule has 0 aliphatic rings. The van der Waals surface area contributed by atoms with Gasteiger partial charge in [0.2, 0.25) is 5.91 Å². The fourth-order valence-corrected chi connectivity index (χ4v) is 2.40. The van der Waals surface area contributed by atoms with Crippen molar-refractivity contribution in [2.24, 2.45) is 5.73 Å². The third kappa shape index (κ3) is 5.25. The lowest BCUT2D eigenvalue weighted by Crippen LogP contribution is -2.12. The lowest BCUT2D eigenvalue weighted by atomic mass is 10.1. The minimum absolute atomic E-state index is 0.0105. The summed E-state index contributed by atoms with van der Waals surface area (Å²) in [5.41, 5.74) is 5.74. The van der Waals surface area contributed by atoms with E-state index in [0.29, 0.717) is 0 Å². The van der Waals surface area contributed by atoms with Gasteiger partial charge in [0.05, 0.1) is 10.5 Å². The highest BCUT2D eigenvalue weighted by molar-refractivity contribution is 9.10. The molecule has 0 bridgehead atoms. The Bertz CT molecular complexity index is 864. The van der Waals surface area contributed by atoms with Crippen LogP contribution in [0, 0.1) is 10.1 Å². The number of nitro groups is 1. The van der Waals surface area contributed by atoms with Crippen LogP contribution in [-0.4, -0.2) is 16.8 Å². The number of carbonyl (C=O) groups excluding carboxylic acids is 2. The van der Waals surface area contributed by atoms with Gasteiger partial charge in [0.15, 0.2) is 0 Å². The van der Waals surface area contributed by atoms with Crippen LogP contribution in [0.5, 0.6) is 0 Å². The first-order valence-corrected chi connectivity index (χ1v) is 7.83. The summed E-state index contributed by atoms with van der Waals surface area (Å²) >= 11 is 3.32. The van der Waals surface area contributed by atoms with Gasteiger partial charge in [-0.05, 0) is 35.9 Å². The zero-order valence-corrected chi connectivity index (χ0v) is 14.4. The second-order valence-electron chi connectivity index (χ2n) is 4.96. The van der Waals surface area contributed by atoms with Crippen LogP contribution in [0.1, 0.15) is 21.5 Å². The van der Waals surface area contributed by atoms with Gasteiger partial charge in [-0.15, -0.1) is 0 Å². The first-order chi connectivity index (χ1) is 11.9. The molecule has 8 heteroatoms. The number of hydrogen-bond acceptors (Lipinski definition) is 5. The molecule has 2 aromatic rings. The van der Waals surface area contributed by atoms with Crippen molar-refractivity contribution in [2.75, 3.05) is 0 Å². The first-order valence-electron chi connectivity index (χ1n) is 7.04. The number of halogens is 1. The van der Waals surface area contributed by atoms with Crippen LogP contribution >= 0.6 is 15.9 Å². The molecule has 7 nitrogen and oxygen atoms in total. The number of esters is 1. The number of rotatable bonds is 6. The fourth-order valence-electron chi connectivity index (χ4n) is 1.98. The number of amides is 1. The predicted molar refractivity (Wildman–Crippen MR) is 94.6 cm³/mol. The van der Waals surface area contributed by atoms with E-state index in [9.17, 15) is 19.7 Å². The quantitative estimate of drug-likeness (QED) is 0.343. The molecular weight excluding hydrogens is 392 g/mol. The van der Waals surface area contributed by atoms with Crippen LogP contribution < -0.4 is 5.73 Å². The maximum Gasteiger partial charge on any atom is 0.331 e. The third-order valence-corrected chi connectivity index (χ3v) is 3.69. The number of nitro benzene ring substituents is 1. The van der Waals surface area contributed by atoms with Crippen molar-refractivity contribution < 1.29 is 19.2 Å². The standard InChI is InChI=1S/C17H13BrN2O5/c18-14-3-1-2-11(8-14)4-7-16(21)25-10-13-6-5-12(17(19)22)9-15(13)20(23)24/h1-9H,10H2,(H2,19,22)/b7-4+. The minimum atomic E-state index is -0.774. The Balaban J connectivity index is 2.06. The summed E-state index contributed by atoms with van der Waals surface area (Å²) in [4.78, 5) is 33.3. The van der Waals surface area contributed by atoms with E-state index in [1.807, 2.05) is 24.3 Å². The van der Waals surface area contributed by atoms with Crippen molar-refractivity contribution in [3.63, 3.8) is 0 Å². The van der Waals surface area contributed by atoms with Crippen LogP contribution in [-0.2, 0) is 16.1 Å². The molecule has 2 aromatic carbocycles. The molecule has 0 unspecified atom stereocenters. The molecule has 0 heterocycles. The van der Waals surface area contributed by atoms with Crippen LogP contribution in [0.2, 0.25) is 0 Å². The van der Waals surface area contributed by atoms with Gasteiger partial charge in [-0.25, -0.2) is 4.79 Å². The van der Waals surface area contributed by atoms with Crippen LogP contribution in [0.4, 0.5) is 5.69 Å². The van der Waals surface area contributed by atoms with E-state index in [4.69, 9.17) is 10.5 Å². The second kappa shape index (κ2) is 8.20. The van der Waals surface area contributed by atoms with E-state index in [-0.39, 0.29) is 23.4 Å². The number of nitrogens with two attached hydrogens (primary N) is 1. The maximum atomic E-state index is 11.8. The van der Waals surface area contributed by atoms with Crippen molar-refractivity contribution in [3.05, 3.63) is 79.8 Å². The molecule has 1 amide bonds. The summed E-state index contributed by atoms with van der Waals surface area (Å²) in [6.45, 7) is -0.295. The summed E-state index contributed by atoms with van der Waals surface area (Å²) < 4.78 is 5.88. The average Bonchev–Trinajstić information content (AvgIpc) is 2.57. The third-order valence-electron chi connectivity index (χ3n) is 3.20. The van der Waals surface area contributed by atoms with Gasteiger partial charge in [0.1, 0.15) is 6.61 Å². The fraction of sp³-hybridized carbons (Fsp3) is 0.0588. The van der Waals surface area contributed by atoms with Gasteiger partial charge >= 0.3 is 5.97 Å². The maximum absolute atomic E-state index is 11.8. The van der Waals surface area contributed by atoms with Crippen LogP contribution in [0.25, 0.3) is 6.08 Å². The lowest BCUT2D eigenvalue weighted by Gasteiger charge is -2.05. The van der Waals surface area contributed by atoms with E-state index in [1.165, 1.54) is 18.2 Å². The Kier molecular flexibility index (Phi) is 6.02. The van der Waals surface area contributed by atoms with Crippen molar-refractivity contribution in [3.8, 4) is 0 Å². The van der Waals surface area contributed by atoms with Crippen molar-refractivity contribution in [2.45, 2.75) is 6.61 Å². The molecule has 0 aliphatic heterocycles. The van der Waals surface area contributed by atoms with E-state index >= 15 is 0 Å². The highest BCUT2D eigenvalue weighted by Crippen LogP contribution is 2.21. The van der Waals surface area contributed by atoms with Gasteiger partial charge in [-0.1, -0.05) is 28.1 Å². The number of nitrogens with zero attached hydrogens (tertiary/aromatic N) is 1. The van der Waals surface area contributed by atoms with Crippen LogP contribution in [0.15, 0.2) is 53.0 Å². The molecule has 25 heavy (non-hydrogen) atoms. The minimum Gasteiger partial charge on any atom is -0.457 e. The molecule has 0 atom stereocenters. The summed E-state index contributed by atoms with van der Waals surface area (Å²) in [5.74, 6) is -1.42. The molecule has 0 aromatic heterocycles. The van der Waals surface area contributed by atoms with Crippen molar-refractivity contribution in [1.82, 2.24) is 0 Å². The van der Waals surface area contributed by atoms with E-state index in [2.05, 4.69) is 15.9 Å². The number of carbonyl (C=O) groups is 2. The van der Waals surface area contributed by atoms with Gasteiger partial charge in [-0.3, -0.25) is 14.9 Å². The molecule has 0 fully saturated rings. The summed E-state index contributed by atoms with van der Waals surface area (Å²) in [5, 5.41) is 11.1. The monoisotopic (exact) mass is 404 g/mol.